The van der Waals surface area contributed by atoms with Gasteiger partial charge in [-0.2, -0.15) is 0 Å². The van der Waals surface area contributed by atoms with Crippen molar-refractivity contribution in [1.82, 2.24) is 0 Å². The van der Waals surface area contributed by atoms with E-state index in [4.69, 9.17) is 14.2 Å². The van der Waals surface area contributed by atoms with Gasteiger partial charge in [0.05, 0.1) is 26.9 Å². The molecular weight excluding hydrogens is 340 g/mol. The molecule has 1 aromatic carbocycles. The van der Waals surface area contributed by atoms with Crippen LogP contribution in [0.25, 0.3) is 0 Å². The normalized spacial score (nSPS) is 21.1. The number of hydrogen-bond acceptors (Lipinski definition) is 4. The van der Waals surface area contributed by atoms with E-state index in [1.54, 1.807) is 21.3 Å². The lowest BCUT2D eigenvalue weighted by atomic mass is 9.66. The van der Waals surface area contributed by atoms with Gasteiger partial charge in [-0.05, 0) is 36.5 Å². The smallest absolute Gasteiger partial charge is 0.168 e. The molecule has 2 aliphatic rings. The van der Waals surface area contributed by atoms with Crippen LogP contribution in [0.1, 0.15) is 74.4 Å². The van der Waals surface area contributed by atoms with Crippen molar-refractivity contribution >= 4 is 5.78 Å². The zero-order valence-corrected chi connectivity index (χ0v) is 17.7. The van der Waals surface area contributed by atoms with E-state index in [-0.39, 0.29) is 23.0 Å². The summed E-state index contributed by atoms with van der Waals surface area (Å²) in [5, 5.41) is 0. The third kappa shape index (κ3) is 3.13. The molecule has 0 unspecified atom stereocenters. The quantitative estimate of drug-likeness (QED) is 0.670. The van der Waals surface area contributed by atoms with Gasteiger partial charge < -0.3 is 14.2 Å². The number of ketones is 1. The maximum atomic E-state index is 13.5. The molecular formula is C23H32O4. The molecule has 0 aliphatic heterocycles. The van der Waals surface area contributed by atoms with Crippen LogP contribution < -0.4 is 14.2 Å². The molecule has 4 heteroatoms. The Labute approximate surface area is 162 Å². The lowest BCUT2D eigenvalue weighted by Gasteiger charge is -2.38. The van der Waals surface area contributed by atoms with E-state index >= 15 is 0 Å². The summed E-state index contributed by atoms with van der Waals surface area (Å²) in [6, 6.07) is 0. The molecule has 0 amide bonds. The van der Waals surface area contributed by atoms with Gasteiger partial charge in [-0.1, -0.05) is 39.3 Å². The van der Waals surface area contributed by atoms with Crippen molar-refractivity contribution in [3.05, 3.63) is 28.3 Å². The van der Waals surface area contributed by atoms with E-state index < -0.39 is 0 Å². The number of carbonyl (C=O) groups excluding carboxylic acids is 1. The van der Waals surface area contributed by atoms with Gasteiger partial charge in [0, 0.05) is 17.5 Å². The van der Waals surface area contributed by atoms with Gasteiger partial charge in [0.2, 0.25) is 0 Å². The van der Waals surface area contributed by atoms with E-state index in [2.05, 4.69) is 33.8 Å². The average Bonchev–Trinajstić information content (AvgIpc) is 2.76. The maximum Gasteiger partial charge on any atom is 0.168 e. The molecule has 148 valence electrons. The summed E-state index contributed by atoms with van der Waals surface area (Å²) < 4.78 is 17.4. The molecule has 0 fully saturated rings. The fourth-order valence-electron chi connectivity index (χ4n) is 4.91. The van der Waals surface area contributed by atoms with Crippen LogP contribution in [0.15, 0.2) is 11.6 Å². The van der Waals surface area contributed by atoms with Gasteiger partial charge in [-0.15, -0.1) is 0 Å². The molecule has 27 heavy (non-hydrogen) atoms. The third-order valence-corrected chi connectivity index (χ3v) is 6.32. The Bertz CT molecular complexity index is 786. The molecule has 2 aliphatic carbocycles. The highest BCUT2D eigenvalue weighted by molar-refractivity contribution is 6.03. The topological polar surface area (TPSA) is 44.8 Å². The van der Waals surface area contributed by atoms with Gasteiger partial charge in [-0.3, -0.25) is 4.79 Å². The fraction of sp³-hybridized carbons (Fsp3) is 0.609. The molecule has 0 N–H and O–H groups in total. The van der Waals surface area contributed by atoms with Crippen molar-refractivity contribution in [3.63, 3.8) is 0 Å². The van der Waals surface area contributed by atoms with E-state index in [1.165, 1.54) is 5.57 Å². The predicted molar refractivity (Wildman–Crippen MR) is 107 cm³/mol. The second kappa shape index (κ2) is 7.21. The SMILES string of the molecule is COc1c2c(c(OC)c(C(C)C)c1OC)C(=O)C[C@@H]1C(=CCCC1(C)C)C2. The second-order valence-corrected chi connectivity index (χ2v) is 8.68. The molecule has 0 heterocycles. The minimum absolute atomic E-state index is 0.118. The van der Waals surface area contributed by atoms with Crippen LogP contribution in [0.5, 0.6) is 17.2 Å². The molecule has 0 saturated carbocycles. The fourth-order valence-corrected chi connectivity index (χ4v) is 4.91. The number of methoxy groups -OCH3 is 3. The Morgan fingerprint density at radius 2 is 1.67 bits per heavy atom. The number of benzene rings is 1. The van der Waals surface area contributed by atoms with E-state index in [1.807, 2.05) is 0 Å². The van der Waals surface area contributed by atoms with Crippen LogP contribution in [0, 0.1) is 11.3 Å². The van der Waals surface area contributed by atoms with Gasteiger partial charge in [0.1, 0.15) is 5.75 Å². The first-order valence-corrected chi connectivity index (χ1v) is 9.83. The Kier molecular flexibility index (Phi) is 5.29. The van der Waals surface area contributed by atoms with Gasteiger partial charge in [0.25, 0.3) is 0 Å². The van der Waals surface area contributed by atoms with Crippen molar-refractivity contribution < 1.29 is 19.0 Å². The summed E-state index contributed by atoms with van der Waals surface area (Å²) in [6.07, 6.45) is 5.73. The Morgan fingerprint density at radius 1 is 1.04 bits per heavy atom. The zero-order chi connectivity index (χ0) is 19.9. The van der Waals surface area contributed by atoms with Crippen LogP contribution in [0.4, 0.5) is 0 Å². The summed E-state index contributed by atoms with van der Waals surface area (Å²) >= 11 is 0. The molecule has 0 aromatic heterocycles. The van der Waals surface area contributed by atoms with Crippen LogP contribution >= 0.6 is 0 Å². The monoisotopic (exact) mass is 372 g/mol. The summed E-state index contributed by atoms with van der Waals surface area (Å²) in [5.41, 5.74) is 3.96. The first-order chi connectivity index (χ1) is 12.8. The lowest BCUT2D eigenvalue weighted by molar-refractivity contribution is 0.0917. The molecule has 0 bridgehead atoms. The summed E-state index contributed by atoms with van der Waals surface area (Å²) in [7, 11) is 4.95. The lowest BCUT2D eigenvalue weighted by Crippen LogP contribution is -2.30. The first kappa shape index (κ1) is 19.8. The van der Waals surface area contributed by atoms with Crippen LogP contribution in [0.2, 0.25) is 0 Å². The van der Waals surface area contributed by atoms with Crippen molar-refractivity contribution in [2.24, 2.45) is 11.3 Å². The van der Waals surface area contributed by atoms with Gasteiger partial charge in [-0.25, -0.2) is 0 Å². The van der Waals surface area contributed by atoms with Crippen LogP contribution in [0.3, 0.4) is 0 Å². The van der Waals surface area contributed by atoms with E-state index in [9.17, 15) is 4.79 Å². The number of rotatable bonds is 4. The second-order valence-electron chi connectivity index (χ2n) is 8.68. The number of fused-ring (bicyclic) bond motifs is 2. The summed E-state index contributed by atoms with van der Waals surface area (Å²) in [4.78, 5) is 13.5. The van der Waals surface area contributed by atoms with Gasteiger partial charge >= 0.3 is 0 Å². The van der Waals surface area contributed by atoms with Crippen LogP contribution in [-0.4, -0.2) is 27.1 Å². The summed E-state index contributed by atoms with van der Waals surface area (Å²) in [6.45, 7) is 8.72. The van der Waals surface area contributed by atoms with Crippen LogP contribution in [-0.2, 0) is 6.42 Å². The maximum absolute atomic E-state index is 13.5. The van der Waals surface area contributed by atoms with E-state index in [0.29, 0.717) is 35.7 Å². The van der Waals surface area contributed by atoms with Crippen molar-refractivity contribution in [2.75, 3.05) is 21.3 Å². The standard InChI is InChI=1S/C23H32O4/c1-13(2)18-21(26-6)19-15(20(25-5)22(18)27-7)11-14-9-8-10-23(3,4)16(14)12-17(19)24/h9,13,16H,8,10-12H2,1-7H3/t16-/m1/s1. The minimum Gasteiger partial charge on any atom is -0.496 e. The van der Waals surface area contributed by atoms with Crippen molar-refractivity contribution in [2.45, 2.75) is 59.3 Å². The number of allylic oxidation sites excluding steroid dienone is 2. The molecule has 3 rings (SSSR count). The van der Waals surface area contributed by atoms with Crippen molar-refractivity contribution in [1.29, 1.82) is 0 Å². The number of carbonyl (C=O) groups is 1. The molecule has 0 radical (unpaired) electrons. The molecule has 1 aromatic rings. The minimum atomic E-state index is 0.118. The molecule has 0 spiro atoms. The zero-order valence-electron chi connectivity index (χ0n) is 17.7. The molecule has 4 nitrogen and oxygen atoms in total. The predicted octanol–water partition coefficient (Wildman–Crippen LogP) is 5.33. The number of hydrogen-bond donors (Lipinski definition) is 0. The van der Waals surface area contributed by atoms with Crippen molar-refractivity contribution in [3.8, 4) is 17.2 Å². The average molecular weight is 373 g/mol. The van der Waals surface area contributed by atoms with Gasteiger partial charge in [0.15, 0.2) is 17.3 Å². The number of Topliss-reactive ketones (excluding diaryl/α,β-unsaturated/α-hetero) is 1. The summed E-state index contributed by atoms with van der Waals surface area (Å²) in [5.74, 6) is 2.56. The number of ether oxygens (including phenoxy) is 3. The highest BCUT2D eigenvalue weighted by atomic mass is 16.5. The third-order valence-electron chi connectivity index (χ3n) is 6.32. The Morgan fingerprint density at radius 3 is 2.22 bits per heavy atom. The molecule has 1 atom stereocenters. The highest BCUT2D eigenvalue weighted by Crippen LogP contribution is 2.53. The van der Waals surface area contributed by atoms with E-state index in [0.717, 1.165) is 24.0 Å². The first-order valence-electron chi connectivity index (χ1n) is 9.83. The highest BCUT2D eigenvalue weighted by Gasteiger charge is 2.41. The largest absolute Gasteiger partial charge is 0.496 e. The molecule has 0 saturated heterocycles. The Hall–Kier alpha value is -1.97. The Balaban J connectivity index is 2.32.